The first-order valence-corrected chi connectivity index (χ1v) is 4.25. The Morgan fingerprint density at radius 2 is 2.50 bits per heavy atom. The monoisotopic (exact) mass is 198 g/mol. The molecular formula is C8H14N4O2. The van der Waals surface area contributed by atoms with Crippen molar-refractivity contribution in [2.24, 2.45) is 7.05 Å². The third-order valence-corrected chi connectivity index (χ3v) is 1.91. The van der Waals surface area contributed by atoms with Crippen LogP contribution in [0.5, 0.6) is 0 Å². The molecule has 0 aromatic carbocycles. The number of anilines is 1. The summed E-state index contributed by atoms with van der Waals surface area (Å²) in [6.07, 6.45) is 1.76. The Kier molecular flexibility index (Phi) is 3.08. The van der Waals surface area contributed by atoms with Crippen molar-refractivity contribution in [3.05, 3.63) is 11.8 Å². The maximum atomic E-state index is 10.5. The van der Waals surface area contributed by atoms with Crippen molar-refractivity contribution in [2.45, 2.75) is 19.5 Å². The highest BCUT2D eigenvalue weighted by Crippen LogP contribution is 2.07. The van der Waals surface area contributed by atoms with E-state index in [4.69, 9.17) is 10.8 Å². The van der Waals surface area contributed by atoms with E-state index in [9.17, 15) is 4.79 Å². The number of carboxylic acids is 1. The van der Waals surface area contributed by atoms with Crippen molar-refractivity contribution in [2.75, 3.05) is 5.73 Å². The smallest absolute Gasteiger partial charge is 0.320 e. The summed E-state index contributed by atoms with van der Waals surface area (Å²) >= 11 is 0. The first kappa shape index (κ1) is 10.5. The minimum absolute atomic E-state index is 0.410. The van der Waals surface area contributed by atoms with Crippen molar-refractivity contribution >= 4 is 11.8 Å². The number of nitrogens with zero attached hydrogens (tertiary/aromatic N) is 2. The molecule has 0 radical (unpaired) electrons. The lowest BCUT2D eigenvalue weighted by Gasteiger charge is -2.07. The lowest BCUT2D eigenvalue weighted by molar-refractivity contribution is -0.139. The molecule has 0 spiro atoms. The van der Waals surface area contributed by atoms with Crippen LogP contribution in [0.3, 0.4) is 0 Å². The number of rotatable bonds is 4. The van der Waals surface area contributed by atoms with Gasteiger partial charge >= 0.3 is 5.97 Å². The Bertz CT molecular complexity index is 334. The van der Waals surface area contributed by atoms with Crippen molar-refractivity contribution < 1.29 is 9.90 Å². The molecular weight excluding hydrogens is 184 g/mol. The SMILES string of the molecule is CC(NCc1cn(C)nc1N)C(=O)O. The van der Waals surface area contributed by atoms with Crippen molar-refractivity contribution in [3.63, 3.8) is 0 Å². The normalized spacial score (nSPS) is 12.7. The number of aromatic nitrogens is 2. The maximum Gasteiger partial charge on any atom is 0.320 e. The second-order valence-electron chi connectivity index (χ2n) is 3.15. The van der Waals surface area contributed by atoms with E-state index in [1.54, 1.807) is 24.9 Å². The molecule has 0 saturated carbocycles. The molecule has 0 aliphatic carbocycles. The second kappa shape index (κ2) is 4.10. The zero-order valence-electron chi connectivity index (χ0n) is 8.19. The number of aliphatic carboxylic acids is 1. The molecule has 78 valence electrons. The van der Waals surface area contributed by atoms with Crippen LogP contribution in [0.4, 0.5) is 5.82 Å². The predicted molar refractivity (Wildman–Crippen MR) is 51.6 cm³/mol. The zero-order valence-corrected chi connectivity index (χ0v) is 8.19. The molecule has 14 heavy (non-hydrogen) atoms. The van der Waals surface area contributed by atoms with Crippen LogP contribution in [0.25, 0.3) is 0 Å². The fourth-order valence-electron chi connectivity index (χ4n) is 1.04. The molecule has 0 aliphatic rings. The van der Waals surface area contributed by atoms with Gasteiger partial charge in [-0.1, -0.05) is 0 Å². The lowest BCUT2D eigenvalue weighted by Crippen LogP contribution is -2.33. The summed E-state index contributed by atoms with van der Waals surface area (Å²) in [6.45, 7) is 1.99. The Labute approximate surface area is 81.7 Å². The summed E-state index contributed by atoms with van der Waals surface area (Å²) in [4.78, 5) is 10.5. The summed E-state index contributed by atoms with van der Waals surface area (Å²) in [7, 11) is 1.76. The van der Waals surface area contributed by atoms with Crippen LogP contribution in [-0.4, -0.2) is 26.9 Å². The number of carbonyl (C=O) groups is 1. The predicted octanol–water partition coefficient (Wildman–Crippen LogP) is -0.435. The van der Waals surface area contributed by atoms with Crippen molar-refractivity contribution in [1.29, 1.82) is 0 Å². The van der Waals surface area contributed by atoms with Crippen LogP contribution in [-0.2, 0) is 18.4 Å². The third-order valence-electron chi connectivity index (χ3n) is 1.91. The standard InChI is InChI=1S/C8H14N4O2/c1-5(8(13)14)10-3-6-4-12(2)11-7(6)9/h4-5,10H,3H2,1-2H3,(H2,9,11)(H,13,14). The molecule has 0 bridgehead atoms. The van der Waals surface area contributed by atoms with Crippen LogP contribution in [0.1, 0.15) is 12.5 Å². The highest BCUT2D eigenvalue weighted by Gasteiger charge is 2.11. The van der Waals surface area contributed by atoms with Gasteiger partial charge in [-0.3, -0.25) is 9.48 Å². The molecule has 0 fully saturated rings. The Morgan fingerprint density at radius 3 is 2.93 bits per heavy atom. The fraction of sp³-hybridized carbons (Fsp3) is 0.500. The first-order chi connectivity index (χ1) is 6.50. The van der Waals surface area contributed by atoms with Gasteiger partial charge in [-0.05, 0) is 6.92 Å². The molecule has 6 heteroatoms. The van der Waals surface area contributed by atoms with Gasteiger partial charge in [0.15, 0.2) is 0 Å². The number of carboxylic acid groups (broad SMARTS) is 1. The van der Waals surface area contributed by atoms with Crippen LogP contribution >= 0.6 is 0 Å². The molecule has 0 aliphatic heterocycles. The molecule has 1 aromatic heterocycles. The largest absolute Gasteiger partial charge is 0.480 e. The number of nitrogen functional groups attached to an aromatic ring is 1. The van der Waals surface area contributed by atoms with E-state index in [0.29, 0.717) is 12.4 Å². The minimum atomic E-state index is -0.882. The van der Waals surface area contributed by atoms with Crippen LogP contribution in [0.15, 0.2) is 6.20 Å². The lowest BCUT2D eigenvalue weighted by atomic mass is 10.3. The average Bonchev–Trinajstić information content (AvgIpc) is 2.40. The topological polar surface area (TPSA) is 93.2 Å². The van der Waals surface area contributed by atoms with Gasteiger partial charge in [0, 0.05) is 25.4 Å². The fourth-order valence-corrected chi connectivity index (χ4v) is 1.04. The van der Waals surface area contributed by atoms with E-state index in [2.05, 4.69) is 10.4 Å². The summed E-state index contributed by atoms with van der Waals surface area (Å²) in [5.74, 6) is -0.454. The highest BCUT2D eigenvalue weighted by molar-refractivity contribution is 5.72. The molecule has 1 rings (SSSR count). The summed E-state index contributed by atoms with van der Waals surface area (Å²) < 4.78 is 1.60. The van der Waals surface area contributed by atoms with Gasteiger partial charge in [-0.25, -0.2) is 0 Å². The van der Waals surface area contributed by atoms with Gasteiger partial charge in [0.2, 0.25) is 0 Å². The molecule has 1 unspecified atom stereocenters. The van der Waals surface area contributed by atoms with E-state index < -0.39 is 12.0 Å². The first-order valence-electron chi connectivity index (χ1n) is 4.25. The molecule has 1 aromatic rings. The van der Waals surface area contributed by atoms with Gasteiger partial charge in [0.05, 0.1) is 0 Å². The Balaban J connectivity index is 2.53. The average molecular weight is 198 g/mol. The summed E-state index contributed by atoms with van der Waals surface area (Å²) in [5, 5.41) is 15.4. The van der Waals surface area contributed by atoms with Gasteiger partial charge in [0.25, 0.3) is 0 Å². The van der Waals surface area contributed by atoms with E-state index in [1.807, 2.05) is 0 Å². The van der Waals surface area contributed by atoms with E-state index in [0.717, 1.165) is 5.56 Å². The zero-order chi connectivity index (χ0) is 10.7. The van der Waals surface area contributed by atoms with Gasteiger partial charge in [-0.15, -0.1) is 0 Å². The molecule has 6 nitrogen and oxygen atoms in total. The van der Waals surface area contributed by atoms with Crippen LogP contribution in [0, 0.1) is 0 Å². The second-order valence-corrected chi connectivity index (χ2v) is 3.15. The number of hydrogen-bond donors (Lipinski definition) is 3. The van der Waals surface area contributed by atoms with Crippen LogP contribution < -0.4 is 11.1 Å². The minimum Gasteiger partial charge on any atom is -0.480 e. The number of hydrogen-bond acceptors (Lipinski definition) is 4. The number of nitrogens with one attached hydrogen (secondary N) is 1. The van der Waals surface area contributed by atoms with Crippen LogP contribution in [0.2, 0.25) is 0 Å². The Hall–Kier alpha value is -1.56. The Morgan fingerprint density at radius 1 is 1.86 bits per heavy atom. The number of nitrogens with two attached hydrogens (primary N) is 1. The third kappa shape index (κ3) is 2.46. The quantitative estimate of drug-likeness (QED) is 0.610. The highest BCUT2D eigenvalue weighted by atomic mass is 16.4. The molecule has 0 saturated heterocycles. The molecule has 1 heterocycles. The van der Waals surface area contributed by atoms with Crippen molar-refractivity contribution in [1.82, 2.24) is 15.1 Å². The van der Waals surface area contributed by atoms with Gasteiger partial charge in [0.1, 0.15) is 11.9 Å². The summed E-state index contributed by atoms with van der Waals surface area (Å²) in [5.41, 5.74) is 6.39. The molecule has 4 N–H and O–H groups in total. The summed E-state index contributed by atoms with van der Waals surface area (Å²) in [6, 6.07) is -0.588. The van der Waals surface area contributed by atoms with E-state index in [1.165, 1.54) is 0 Å². The van der Waals surface area contributed by atoms with Gasteiger partial charge < -0.3 is 16.2 Å². The van der Waals surface area contributed by atoms with Crippen molar-refractivity contribution in [3.8, 4) is 0 Å². The number of aryl methyl sites for hydroxylation is 1. The molecule has 1 atom stereocenters. The van der Waals surface area contributed by atoms with E-state index in [-0.39, 0.29) is 0 Å². The van der Waals surface area contributed by atoms with Gasteiger partial charge in [-0.2, -0.15) is 5.10 Å². The molecule has 0 amide bonds. The van der Waals surface area contributed by atoms with E-state index >= 15 is 0 Å². The maximum absolute atomic E-state index is 10.5.